The van der Waals surface area contributed by atoms with Crippen molar-refractivity contribution >= 4 is 6.21 Å². The molecule has 0 bridgehead atoms. The van der Waals surface area contributed by atoms with E-state index in [-0.39, 0.29) is 12.0 Å². The fourth-order valence-corrected chi connectivity index (χ4v) is 3.25. The lowest BCUT2D eigenvalue weighted by atomic mass is 10.1. The number of hydrogen-bond donors (Lipinski definition) is 2. The summed E-state index contributed by atoms with van der Waals surface area (Å²) in [6, 6.07) is 12.1. The third kappa shape index (κ3) is 6.63. The molecule has 2 N–H and O–H groups in total. The Bertz CT molecular complexity index is 1110. The summed E-state index contributed by atoms with van der Waals surface area (Å²) in [4.78, 5) is 12.5. The molecule has 33 heavy (non-hydrogen) atoms. The summed E-state index contributed by atoms with van der Waals surface area (Å²) in [5.74, 6) is 0.624. The van der Waals surface area contributed by atoms with Crippen LogP contribution < -0.4 is 15.4 Å². The maximum absolute atomic E-state index is 12.8. The smallest absolute Gasteiger partial charge is 0.416 e. The first kappa shape index (κ1) is 22.5. The van der Waals surface area contributed by atoms with Crippen LogP contribution in [0.4, 0.5) is 13.2 Å². The highest BCUT2D eigenvalue weighted by molar-refractivity contribution is 5.79. The van der Waals surface area contributed by atoms with Crippen LogP contribution in [0.15, 0.2) is 84.0 Å². The number of allylic oxidation sites excluding steroid dienone is 1. The number of aromatic nitrogens is 2. The van der Waals surface area contributed by atoms with E-state index in [4.69, 9.17) is 4.74 Å². The molecule has 2 heterocycles. The molecule has 4 rings (SSSR count). The van der Waals surface area contributed by atoms with Gasteiger partial charge in [-0.1, -0.05) is 18.2 Å². The van der Waals surface area contributed by atoms with Crippen LogP contribution in [0.5, 0.6) is 11.5 Å². The van der Waals surface area contributed by atoms with Crippen LogP contribution in [-0.2, 0) is 19.0 Å². The van der Waals surface area contributed by atoms with Crippen molar-refractivity contribution in [1.29, 1.82) is 0 Å². The molecule has 1 atom stereocenters. The quantitative estimate of drug-likeness (QED) is 0.525. The van der Waals surface area contributed by atoms with Crippen LogP contribution in [0.1, 0.15) is 16.7 Å². The number of aliphatic imine (C=N–C) groups is 1. The molecule has 6 nitrogen and oxygen atoms in total. The van der Waals surface area contributed by atoms with Gasteiger partial charge >= 0.3 is 6.18 Å². The first-order valence-corrected chi connectivity index (χ1v) is 10.4. The average Bonchev–Trinajstić information content (AvgIpc) is 2.82. The SMILES string of the molecule is FC(F)(F)c1cccc(Oc2ccc(CCNC3N=CC(Cc4cncnc4)=CN3)cc2)c1. The molecule has 0 spiro atoms. The number of halogens is 3. The fraction of sp³-hybridized carbons (Fsp3) is 0.208. The number of nitrogens with zero attached hydrogens (tertiary/aromatic N) is 3. The van der Waals surface area contributed by atoms with Gasteiger partial charge in [0.15, 0.2) is 6.29 Å². The summed E-state index contributed by atoms with van der Waals surface area (Å²) < 4.78 is 44.1. The van der Waals surface area contributed by atoms with Gasteiger partial charge in [-0.3, -0.25) is 10.3 Å². The Balaban J connectivity index is 1.22. The lowest BCUT2D eigenvalue weighted by Gasteiger charge is -2.19. The molecule has 0 radical (unpaired) electrons. The van der Waals surface area contributed by atoms with Crippen molar-refractivity contribution in [3.05, 3.63) is 95.7 Å². The summed E-state index contributed by atoms with van der Waals surface area (Å²) >= 11 is 0. The predicted octanol–water partition coefficient (Wildman–Crippen LogP) is 4.50. The van der Waals surface area contributed by atoms with Crippen LogP contribution in [0.3, 0.4) is 0 Å². The molecule has 3 aromatic rings. The van der Waals surface area contributed by atoms with Crippen LogP contribution in [0, 0.1) is 0 Å². The second-order valence-electron chi connectivity index (χ2n) is 7.47. The molecule has 170 valence electrons. The van der Waals surface area contributed by atoms with Crippen molar-refractivity contribution in [2.45, 2.75) is 25.3 Å². The van der Waals surface area contributed by atoms with Gasteiger partial charge in [-0.05, 0) is 53.5 Å². The zero-order valence-corrected chi connectivity index (χ0v) is 17.6. The second-order valence-corrected chi connectivity index (χ2v) is 7.47. The molecule has 1 aromatic heterocycles. The van der Waals surface area contributed by atoms with Crippen molar-refractivity contribution < 1.29 is 17.9 Å². The molecule has 0 aliphatic carbocycles. The first-order valence-electron chi connectivity index (χ1n) is 10.4. The van der Waals surface area contributed by atoms with E-state index in [1.54, 1.807) is 24.5 Å². The molecular formula is C24H22F3N5O. The molecular weight excluding hydrogens is 431 g/mol. The zero-order valence-electron chi connectivity index (χ0n) is 17.6. The van der Waals surface area contributed by atoms with E-state index in [0.717, 1.165) is 35.3 Å². The lowest BCUT2D eigenvalue weighted by molar-refractivity contribution is -0.137. The van der Waals surface area contributed by atoms with Crippen molar-refractivity contribution in [2.24, 2.45) is 4.99 Å². The Kier molecular flexibility index (Phi) is 6.99. The van der Waals surface area contributed by atoms with Crippen molar-refractivity contribution in [3.8, 4) is 11.5 Å². The van der Waals surface area contributed by atoms with Gasteiger partial charge in [0, 0.05) is 37.8 Å². The summed E-state index contributed by atoms with van der Waals surface area (Å²) in [6.07, 6.45) is 5.69. The van der Waals surface area contributed by atoms with Gasteiger partial charge in [0.05, 0.1) is 5.56 Å². The fourth-order valence-electron chi connectivity index (χ4n) is 3.25. The number of alkyl halides is 3. The van der Waals surface area contributed by atoms with Gasteiger partial charge in [-0.15, -0.1) is 0 Å². The zero-order chi connectivity index (χ0) is 23.1. The third-order valence-electron chi connectivity index (χ3n) is 4.91. The van der Waals surface area contributed by atoms with Gasteiger partial charge in [0.1, 0.15) is 17.8 Å². The molecule has 2 aromatic carbocycles. The molecule has 0 saturated heterocycles. The Morgan fingerprint density at radius 2 is 1.76 bits per heavy atom. The van der Waals surface area contributed by atoms with Gasteiger partial charge < -0.3 is 10.1 Å². The highest BCUT2D eigenvalue weighted by Gasteiger charge is 2.30. The number of ether oxygens (including phenoxy) is 1. The number of benzene rings is 2. The monoisotopic (exact) mass is 453 g/mol. The number of hydrogen-bond acceptors (Lipinski definition) is 6. The molecule has 1 unspecified atom stereocenters. The summed E-state index contributed by atoms with van der Waals surface area (Å²) in [5.41, 5.74) is 2.39. The Morgan fingerprint density at radius 3 is 2.45 bits per heavy atom. The highest BCUT2D eigenvalue weighted by atomic mass is 19.4. The lowest BCUT2D eigenvalue weighted by Crippen LogP contribution is -2.41. The van der Waals surface area contributed by atoms with Crippen molar-refractivity contribution in [2.75, 3.05) is 6.54 Å². The van der Waals surface area contributed by atoms with Crippen LogP contribution >= 0.6 is 0 Å². The van der Waals surface area contributed by atoms with Gasteiger partial charge in [-0.25, -0.2) is 9.97 Å². The summed E-state index contributed by atoms with van der Waals surface area (Å²) in [6.45, 7) is 0.693. The summed E-state index contributed by atoms with van der Waals surface area (Å²) in [5, 5.41) is 6.53. The van der Waals surface area contributed by atoms with Gasteiger partial charge in [0.25, 0.3) is 0 Å². The number of rotatable bonds is 8. The minimum atomic E-state index is -4.40. The first-order chi connectivity index (χ1) is 16.0. The van der Waals surface area contributed by atoms with E-state index in [1.807, 2.05) is 24.5 Å². The Morgan fingerprint density at radius 1 is 0.970 bits per heavy atom. The van der Waals surface area contributed by atoms with Crippen LogP contribution in [-0.4, -0.2) is 29.0 Å². The number of nitrogens with one attached hydrogen (secondary N) is 2. The van der Waals surface area contributed by atoms with E-state index in [0.29, 0.717) is 18.7 Å². The van der Waals surface area contributed by atoms with Gasteiger partial charge in [-0.2, -0.15) is 13.2 Å². The minimum absolute atomic E-state index is 0.146. The Hall–Kier alpha value is -3.72. The standard InChI is InChI=1S/C24H22F3N5O/c25-24(26,27)20-2-1-3-22(11-20)33-21-6-4-17(5-7-21)8-9-30-23-31-14-19(15-32-23)10-18-12-28-16-29-13-18/h1-7,11-16,23,30-31H,8-10H2. The van der Waals surface area contributed by atoms with Crippen LogP contribution in [0.2, 0.25) is 0 Å². The normalized spacial score (nSPS) is 15.6. The van der Waals surface area contributed by atoms with E-state index in [9.17, 15) is 13.2 Å². The van der Waals surface area contributed by atoms with Crippen molar-refractivity contribution in [1.82, 2.24) is 20.6 Å². The van der Waals surface area contributed by atoms with E-state index >= 15 is 0 Å². The van der Waals surface area contributed by atoms with E-state index < -0.39 is 11.7 Å². The molecule has 1 aliphatic heterocycles. The highest BCUT2D eigenvalue weighted by Crippen LogP contribution is 2.32. The minimum Gasteiger partial charge on any atom is -0.457 e. The largest absolute Gasteiger partial charge is 0.457 e. The second kappa shape index (κ2) is 10.3. The van der Waals surface area contributed by atoms with E-state index in [1.165, 1.54) is 18.5 Å². The molecule has 0 amide bonds. The molecule has 0 saturated carbocycles. The van der Waals surface area contributed by atoms with Gasteiger partial charge in [0.2, 0.25) is 0 Å². The van der Waals surface area contributed by atoms with E-state index in [2.05, 4.69) is 25.6 Å². The Labute approximate surface area is 189 Å². The molecule has 1 aliphatic rings. The molecule has 9 heteroatoms. The maximum Gasteiger partial charge on any atom is 0.416 e. The van der Waals surface area contributed by atoms with Crippen molar-refractivity contribution in [3.63, 3.8) is 0 Å². The maximum atomic E-state index is 12.8. The topological polar surface area (TPSA) is 71.4 Å². The third-order valence-corrected chi connectivity index (χ3v) is 4.91. The van der Waals surface area contributed by atoms with Crippen LogP contribution in [0.25, 0.3) is 0 Å². The summed E-state index contributed by atoms with van der Waals surface area (Å²) in [7, 11) is 0. The predicted molar refractivity (Wildman–Crippen MR) is 119 cm³/mol. The molecule has 0 fully saturated rings. The average molecular weight is 453 g/mol.